The monoisotopic (exact) mass is 250 g/mol. The molecular formula is C13H19BO4. The fraction of sp³-hybridized carbons (Fsp3) is 0.538. The number of phenolic OH excluding ortho intramolecular Hbond substituents is 1. The topological polar surface area (TPSA) is 58.9 Å². The Morgan fingerprint density at radius 1 is 1.06 bits per heavy atom. The SMILES string of the molecule is CC1(C)OB(c2cc(O)cc(CO)c2)OC1(C)C. The van der Waals surface area contributed by atoms with Crippen LogP contribution in [0.2, 0.25) is 0 Å². The van der Waals surface area contributed by atoms with Crippen molar-refractivity contribution in [2.75, 3.05) is 0 Å². The van der Waals surface area contributed by atoms with Crippen molar-refractivity contribution in [1.82, 2.24) is 0 Å². The van der Waals surface area contributed by atoms with Crippen molar-refractivity contribution < 1.29 is 19.5 Å². The summed E-state index contributed by atoms with van der Waals surface area (Å²) in [4.78, 5) is 0. The Balaban J connectivity index is 2.32. The van der Waals surface area contributed by atoms with Crippen LogP contribution >= 0.6 is 0 Å². The number of hydrogen-bond acceptors (Lipinski definition) is 4. The maximum absolute atomic E-state index is 9.62. The molecule has 0 spiro atoms. The molecule has 0 amide bonds. The Labute approximate surface area is 108 Å². The Morgan fingerprint density at radius 3 is 2.11 bits per heavy atom. The van der Waals surface area contributed by atoms with Crippen molar-refractivity contribution in [3.63, 3.8) is 0 Å². The van der Waals surface area contributed by atoms with E-state index in [1.807, 2.05) is 27.7 Å². The molecule has 5 heteroatoms. The van der Waals surface area contributed by atoms with Gasteiger partial charge in [0.05, 0.1) is 17.8 Å². The quantitative estimate of drug-likeness (QED) is 0.774. The molecule has 18 heavy (non-hydrogen) atoms. The lowest BCUT2D eigenvalue weighted by atomic mass is 9.78. The summed E-state index contributed by atoms with van der Waals surface area (Å²) in [5.41, 5.74) is 0.530. The van der Waals surface area contributed by atoms with Gasteiger partial charge in [-0.1, -0.05) is 6.07 Å². The van der Waals surface area contributed by atoms with Crippen LogP contribution in [0.1, 0.15) is 33.3 Å². The Kier molecular flexibility index (Phi) is 3.17. The van der Waals surface area contributed by atoms with Gasteiger partial charge < -0.3 is 19.5 Å². The van der Waals surface area contributed by atoms with E-state index in [0.29, 0.717) is 5.56 Å². The first-order valence-corrected chi connectivity index (χ1v) is 6.04. The van der Waals surface area contributed by atoms with Gasteiger partial charge in [0.15, 0.2) is 0 Å². The number of aromatic hydroxyl groups is 1. The molecule has 1 saturated heterocycles. The molecular weight excluding hydrogens is 231 g/mol. The maximum Gasteiger partial charge on any atom is 0.494 e. The average molecular weight is 250 g/mol. The summed E-state index contributed by atoms with van der Waals surface area (Å²) in [6, 6.07) is 4.90. The fourth-order valence-corrected chi connectivity index (χ4v) is 1.91. The molecule has 0 saturated carbocycles. The van der Waals surface area contributed by atoms with E-state index in [-0.39, 0.29) is 12.4 Å². The third-order valence-electron chi connectivity index (χ3n) is 3.71. The maximum atomic E-state index is 9.62. The molecule has 0 unspecified atom stereocenters. The molecule has 1 aliphatic heterocycles. The molecule has 0 aromatic heterocycles. The van der Waals surface area contributed by atoms with Crippen LogP contribution in [-0.4, -0.2) is 28.5 Å². The van der Waals surface area contributed by atoms with Crippen molar-refractivity contribution >= 4 is 12.6 Å². The number of aliphatic hydroxyl groups is 1. The standard InChI is InChI=1S/C13H19BO4/c1-12(2)13(3,4)18-14(17-12)10-5-9(8-15)6-11(16)7-10/h5-7,15-16H,8H2,1-4H3. The van der Waals surface area contributed by atoms with Crippen LogP contribution in [-0.2, 0) is 15.9 Å². The summed E-state index contributed by atoms with van der Waals surface area (Å²) >= 11 is 0. The zero-order valence-electron chi connectivity index (χ0n) is 11.2. The van der Waals surface area contributed by atoms with Gasteiger partial charge in [0.2, 0.25) is 0 Å². The minimum atomic E-state index is -0.521. The predicted octanol–water partition coefficient (Wildman–Crippen LogP) is 1.18. The second-order valence-corrected chi connectivity index (χ2v) is 5.68. The Hall–Kier alpha value is -1.04. The number of phenols is 1. The molecule has 0 bridgehead atoms. The summed E-state index contributed by atoms with van der Waals surface area (Å²) in [6.07, 6.45) is 0. The van der Waals surface area contributed by atoms with Gasteiger partial charge >= 0.3 is 7.12 Å². The third-order valence-corrected chi connectivity index (χ3v) is 3.71. The minimum Gasteiger partial charge on any atom is -0.508 e. The van der Waals surface area contributed by atoms with Crippen LogP contribution in [0.3, 0.4) is 0 Å². The van der Waals surface area contributed by atoms with Gasteiger partial charge in [0.25, 0.3) is 0 Å². The highest BCUT2D eigenvalue weighted by Crippen LogP contribution is 2.36. The van der Waals surface area contributed by atoms with Gasteiger partial charge in [-0.25, -0.2) is 0 Å². The molecule has 1 fully saturated rings. The molecule has 4 nitrogen and oxygen atoms in total. The molecule has 0 radical (unpaired) electrons. The van der Waals surface area contributed by atoms with Gasteiger partial charge in [0.1, 0.15) is 5.75 Å². The Morgan fingerprint density at radius 2 is 1.61 bits per heavy atom. The fourth-order valence-electron chi connectivity index (χ4n) is 1.91. The lowest BCUT2D eigenvalue weighted by Gasteiger charge is -2.32. The van der Waals surface area contributed by atoms with Crippen molar-refractivity contribution in [2.24, 2.45) is 0 Å². The summed E-state index contributed by atoms with van der Waals surface area (Å²) in [7, 11) is -0.521. The summed E-state index contributed by atoms with van der Waals surface area (Å²) in [6.45, 7) is 7.78. The number of rotatable bonds is 2. The lowest BCUT2D eigenvalue weighted by Crippen LogP contribution is -2.41. The minimum absolute atomic E-state index is 0.103. The first-order valence-electron chi connectivity index (χ1n) is 6.04. The van der Waals surface area contributed by atoms with E-state index in [0.717, 1.165) is 5.46 Å². The molecule has 2 N–H and O–H groups in total. The van der Waals surface area contributed by atoms with E-state index in [1.165, 1.54) is 6.07 Å². The van der Waals surface area contributed by atoms with Gasteiger partial charge in [-0.15, -0.1) is 0 Å². The second-order valence-electron chi connectivity index (χ2n) is 5.68. The smallest absolute Gasteiger partial charge is 0.494 e. The van der Waals surface area contributed by atoms with Crippen LogP contribution < -0.4 is 5.46 Å². The largest absolute Gasteiger partial charge is 0.508 e. The Bertz CT molecular complexity index is 440. The van der Waals surface area contributed by atoms with Gasteiger partial charge in [-0.2, -0.15) is 0 Å². The van der Waals surface area contributed by atoms with Crippen LogP contribution in [0.4, 0.5) is 0 Å². The average Bonchev–Trinajstić information content (AvgIpc) is 2.47. The van der Waals surface area contributed by atoms with Crippen LogP contribution in [0.25, 0.3) is 0 Å². The summed E-state index contributed by atoms with van der Waals surface area (Å²) in [5.74, 6) is 0.103. The van der Waals surface area contributed by atoms with Crippen LogP contribution in [0.15, 0.2) is 18.2 Å². The van der Waals surface area contributed by atoms with Crippen molar-refractivity contribution in [2.45, 2.75) is 45.5 Å². The number of aliphatic hydroxyl groups excluding tert-OH is 1. The van der Waals surface area contributed by atoms with Crippen molar-refractivity contribution in [1.29, 1.82) is 0 Å². The molecule has 1 aromatic carbocycles. The van der Waals surface area contributed by atoms with E-state index in [2.05, 4.69) is 0 Å². The molecule has 0 aliphatic carbocycles. The van der Waals surface area contributed by atoms with E-state index in [1.54, 1.807) is 12.1 Å². The molecule has 2 rings (SSSR count). The third kappa shape index (κ3) is 2.26. The van der Waals surface area contributed by atoms with Gasteiger partial charge in [-0.3, -0.25) is 0 Å². The van der Waals surface area contributed by atoms with E-state index >= 15 is 0 Å². The van der Waals surface area contributed by atoms with E-state index in [4.69, 9.17) is 14.4 Å². The van der Waals surface area contributed by atoms with E-state index in [9.17, 15) is 5.11 Å². The van der Waals surface area contributed by atoms with Gasteiger partial charge in [0, 0.05) is 0 Å². The first kappa shape index (κ1) is 13.4. The molecule has 0 atom stereocenters. The lowest BCUT2D eigenvalue weighted by molar-refractivity contribution is 0.00578. The normalized spacial score (nSPS) is 21.3. The zero-order valence-corrected chi connectivity index (χ0v) is 11.2. The summed E-state index contributed by atoms with van der Waals surface area (Å²) in [5, 5.41) is 18.8. The zero-order chi connectivity index (χ0) is 13.6. The van der Waals surface area contributed by atoms with Crippen LogP contribution in [0, 0.1) is 0 Å². The first-order chi connectivity index (χ1) is 8.25. The molecule has 1 aromatic rings. The van der Waals surface area contributed by atoms with Gasteiger partial charge in [-0.05, 0) is 50.9 Å². The highest BCUT2D eigenvalue weighted by atomic mass is 16.7. The van der Waals surface area contributed by atoms with Crippen molar-refractivity contribution in [3.05, 3.63) is 23.8 Å². The highest BCUT2D eigenvalue weighted by molar-refractivity contribution is 6.62. The molecule has 1 heterocycles. The van der Waals surface area contributed by atoms with Crippen molar-refractivity contribution in [3.8, 4) is 5.75 Å². The molecule has 1 aliphatic rings. The second kappa shape index (κ2) is 4.26. The molecule has 98 valence electrons. The van der Waals surface area contributed by atoms with E-state index < -0.39 is 18.3 Å². The number of benzene rings is 1. The number of hydrogen-bond donors (Lipinski definition) is 2. The summed E-state index contributed by atoms with van der Waals surface area (Å²) < 4.78 is 11.8. The van der Waals surface area contributed by atoms with Crippen LogP contribution in [0.5, 0.6) is 5.75 Å². The predicted molar refractivity (Wildman–Crippen MR) is 69.7 cm³/mol. The highest BCUT2D eigenvalue weighted by Gasteiger charge is 2.51.